The van der Waals surface area contributed by atoms with Crippen molar-refractivity contribution in [1.29, 1.82) is 0 Å². The molecule has 15 heavy (non-hydrogen) atoms. The summed E-state index contributed by atoms with van der Waals surface area (Å²) in [5.41, 5.74) is 8.11. The van der Waals surface area contributed by atoms with Crippen molar-refractivity contribution >= 4 is 0 Å². The summed E-state index contributed by atoms with van der Waals surface area (Å²) in [7, 11) is 1.82. The van der Waals surface area contributed by atoms with Gasteiger partial charge in [0.1, 0.15) is 0 Å². The molecule has 0 aliphatic heterocycles. The molecule has 0 heterocycles. The Labute approximate surface area is 91.4 Å². The first kappa shape index (κ1) is 10.7. The maximum atomic E-state index is 5.74. The first-order chi connectivity index (χ1) is 7.30. The third kappa shape index (κ3) is 1.92. The molecule has 82 valence electrons. The molecule has 0 spiro atoms. The summed E-state index contributed by atoms with van der Waals surface area (Å²) in [4.78, 5) is 0. The number of nitrogens with two attached hydrogens (primary N) is 1. The average molecular weight is 205 g/mol. The quantitative estimate of drug-likeness (QED) is 0.823. The molecule has 1 aliphatic rings. The van der Waals surface area contributed by atoms with Crippen molar-refractivity contribution in [2.24, 2.45) is 5.73 Å². The molecule has 0 amide bonds. The first-order valence-electron chi connectivity index (χ1n) is 5.65. The Morgan fingerprint density at radius 2 is 2.07 bits per heavy atom. The molecule has 2 N–H and O–H groups in total. The maximum absolute atomic E-state index is 5.74. The molecular formula is C13H19NO. The lowest BCUT2D eigenvalue weighted by atomic mass is 9.91. The Balaban J connectivity index is 2.33. The Hall–Kier alpha value is -0.860. The van der Waals surface area contributed by atoms with Gasteiger partial charge in [0.2, 0.25) is 0 Å². The van der Waals surface area contributed by atoms with Gasteiger partial charge in [0.05, 0.1) is 5.60 Å². The fourth-order valence-electron chi connectivity index (χ4n) is 2.54. The van der Waals surface area contributed by atoms with Crippen LogP contribution < -0.4 is 5.73 Å². The minimum Gasteiger partial charge on any atom is -0.374 e. The minimum absolute atomic E-state index is 0.0365. The normalized spacial score (nSPS) is 19.3. The summed E-state index contributed by atoms with van der Waals surface area (Å²) in [6, 6.07) is 8.50. The number of ether oxygens (including phenoxy) is 1. The average Bonchev–Trinajstić information content (AvgIpc) is 2.79. The van der Waals surface area contributed by atoms with Gasteiger partial charge < -0.3 is 10.5 Å². The Morgan fingerprint density at radius 3 is 2.67 bits per heavy atom. The van der Waals surface area contributed by atoms with Crippen molar-refractivity contribution in [3.8, 4) is 0 Å². The van der Waals surface area contributed by atoms with Gasteiger partial charge in [-0.1, -0.05) is 37.1 Å². The lowest BCUT2D eigenvalue weighted by Gasteiger charge is -2.28. The highest BCUT2D eigenvalue weighted by atomic mass is 16.5. The molecule has 1 aliphatic carbocycles. The summed E-state index contributed by atoms with van der Waals surface area (Å²) < 4.78 is 5.74. The summed E-state index contributed by atoms with van der Waals surface area (Å²) in [5.74, 6) is 0. The molecule has 0 aromatic heterocycles. The van der Waals surface area contributed by atoms with Gasteiger partial charge in [0, 0.05) is 13.7 Å². The Kier molecular flexibility index (Phi) is 3.08. The molecule has 1 aromatic rings. The van der Waals surface area contributed by atoms with Gasteiger partial charge in [-0.3, -0.25) is 0 Å². The van der Waals surface area contributed by atoms with E-state index >= 15 is 0 Å². The van der Waals surface area contributed by atoms with Gasteiger partial charge >= 0.3 is 0 Å². The number of benzene rings is 1. The molecule has 1 aromatic carbocycles. The van der Waals surface area contributed by atoms with Crippen molar-refractivity contribution in [2.45, 2.75) is 37.8 Å². The van der Waals surface area contributed by atoms with E-state index in [4.69, 9.17) is 10.5 Å². The van der Waals surface area contributed by atoms with Crippen LogP contribution in [0.2, 0.25) is 0 Å². The van der Waals surface area contributed by atoms with Gasteiger partial charge in [-0.05, 0) is 24.0 Å². The second kappa shape index (κ2) is 4.33. The van der Waals surface area contributed by atoms with E-state index in [1.165, 1.54) is 24.0 Å². The summed E-state index contributed by atoms with van der Waals surface area (Å²) in [6.07, 6.45) is 4.80. The highest BCUT2D eigenvalue weighted by Gasteiger charge is 2.35. The summed E-state index contributed by atoms with van der Waals surface area (Å²) in [6.45, 7) is 0.605. The summed E-state index contributed by atoms with van der Waals surface area (Å²) >= 11 is 0. The second-order valence-corrected chi connectivity index (χ2v) is 4.31. The zero-order valence-corrected chi connectivity index (χ0v) is 9.33. The molecule has 2 heteroatoms. The second-order valence-electron chi connectivity index (χ2n) is 4.31. The third-order valence-electron chi connectivity index (χ3n) is 3.49. The van der Waals surface area contributed by atoms with Gasteiger partial charge in [0.25, 0.3) is 0 Å². The SMILES string of the molecule is COC1(c2cccc(CN)c2)CCCC1. The van der Waals surface area contributed by atoms with Gasteiger partial charge in [-0.2, -0.15) is 0 Å². The van der Waals surface area contributed by atoms with E-state index in [1.807, 2.05) is 7.11 Å². The van der Waals surface area contributed by atoms with Crippen molar-refractivity contribution < 1.29 is 4.74 Å². The van der Waals surface area contributed by atoms with Crippen LogP contribution >= 0.6 is 0 Å². The van der Waals surface area contributed by atoms with Crippen molar-refractivity contribution in [2.75, 3.05) is 7.11 Å². The third-order valence-corrected chi connectivity index (χ3v) is 3.49. The zero-order chi connectivity index (χ0) is 10.7. The topological polar surface area (TPSA) is 35.2 Å². The van der Waals surface area contributed by atoms with Crippen LogP contribution in [0.1, 0.15) is 36.8 Å². The van der Waals surface area contributed by atoms with Crippen molar-refractivity contribution in [3.05, 3.63) is 35.4 Å². The molecule has 2 rings (SSSR count). The van der Waals surface area contributed by atoms with E-state index in [1.54, 1.807) is 0 Å². The first-order valence-corrected chi connectivity index (χ1v) is 5.65. The molecule has 0 atom stereocenters. The number of hydrogen-bond donors (Lipinski definition) is 1. The Bertz CT molecular complexity index is 329. The van der Waals surface area contributed by atoms with Crippen molar-refractivity contribution in [3.63, 3.8) is 0 Å². The van der Waals surface area contributed by atoms with E-state index in [0.29, 0.717) is 6.54 Å². The van der Waals surface area contributed by atoms with Crippen LogP contribution in [0.25, 0.3) is 0 Å². The molecule has 0 saturated heterocycles. The van der Waals surface area contributed by atoms with E-state index in [2.05, 4.69) is 24.3 Å². The molecule has 1 saturated carbocycles. The van der Waals surface area contributed by atoms with Gasteiger partial charge in [-0.25, -0.2) is 0 Å². The van der Waals surface area contributed by atoms with Crippen LogP contribution in [0.15, 0.2) is 24.3 Å². The fourth-order valence-corrected chi connectivity index (χ4v) is 2.54. The van der Waals surface area contributed by atoms with E-state index in [9.17, 15) is 0 Å². The number of methoxy groups -OCH3 is 1. The predicted molar refractivity (Wildman–Crippen MR) is 61.5 cm³/mol. The lowest BCUT2D eigenvalue weighted by molar-refractivity contribution is -0.00875. The standard InChI is InChI=1S/C13H19NO/c1-15-13(7-2-3-8-13)12-6-4-5-11(9-12)10-14/h4-6,9H,2-3,7-8,10,14H2,1H3. The highest BCUT2D eigenvalue weighted by Crippen LogP contribution is 2.41. The highest BCUT2D eigenvalue weighted by molar-refractivity contribution is 5.29. The van der Waals surface area contributed by atoms with E-state index < -0.39 is 0 Å². The van der Waals surface area contributed by atoms with Crippen LogP contribution in [0.4, 0.5) is 0 Å². The molecule has 0 radical (unpaired) electrons. The maximum Gasteiger partial charge on any atom is 0.0927 e. The smallest absolute Gasteiger partial charge is 0.0927 e. The molecule has 2 nitrogen and oxygen atoms in total. The van der Waals surface area contributed by atoms with E-state index in [-0.39, 0.29) is 5.60 Å². The Morgan fingerprint density at radius 1 is 1.33 bits per heavy atom. The van der Waals surface area contributed by atoms with Gasteiger partial charge in [0.15, 0.2) is 0 Å². The van der Waals surface area contributed by atoms with Crippen LogP contribution in [-0.4, -0.2) is 7.11 Å². The van der Waals surface area contributed by atoms with Crippen LogP contribution in [0.3, 0.4) is 0 Å². The minimum atomic E-state index is -0.0365. The summed E-state index contributed by atoms with van der Waals surface area (Å²) in [5, 5.41) is 0. The van der Waals surface area contributed by atoms with Crippen molar-refractivity contribution in [1.82, 2.24) is 0 Å². The van der Waals surface area contributed by atoms with Crippen LogP contribution in [0.5, 0.6) is 0 Å². The zero-order valence-electron chi connectivity index (χ0n) is 9.33. The largest absolute Gasteiger partial charge is 0.374 e. The molecule has 1 fully saturated rings. The molecule has 0 bridgehead atoms. The predicted octanol–water partition coefficient (Wildman–Crippen LogP) is 2.56. The fraction of sp³-hybridized carbons (Fsp3) is 0.538. The number of rotatable bonds is 3. The molecule has 0 unspecified atom stereocenters. The van der Waals surface area contributed by atoms with Crippen LogP contribution in [-0.2, 0) is 16.9 Å². The number of hydrogen-bond acceptors (Lipinski definition) is 2. The van der Waals surface area contributed by atoms with Gasteiger partial charge in [-0.15, -0.1) is 0 Å². The molecular weight excluding hydrogens is 186 g/mol. The van der Waals surface area contributed by atoms with Crippen LogP contribution in [0, 0.1) is 0 Å². The monoisotopic (exact) mass is 205 g/mol. The van der Waals surface area contributed by atoms with E-state index in [0.717, 1.165) is 12.8 Å². The lowest BCUT2D eigenvalue weighted by Crippen LogP contribution is -2.24.